The SMILES string of the molecule is CCNCC(=O)CC1CCN(C)CCCCCCPCC(CNC)CC(=O)CCCNC1. The van der Waals surface area contributed by atoms with E-state index in [0.29, 0.717) is 42.8 Å². The highest BCUT2D eigenvalue weighted by atomic mass is 31.1. The summed E-state index contributed by atoms with van der Waals surface area (Å²) in [6.07, 6.45) is 11.7. The van der Waals surface area contributed by atoms with Crippen molar-refractivity contribution in [2.75, 3.05) is 72.2 Å². The Kier molecular flexibility index (Phi) is 18.5. The van der Waals surface area contributed by atoms with Crippen molar-refractivity contribution in [2.24, 2.45) is 11.8 Å². The van der Waals surface area contributed by atoms with Crippen molar-refractivity contribution in [3.05, 3.63) is 0 Å². The smallest absolute Gasteiger partial charge is 0.146 e. The summed E-state index contributed by atoms with van der Waals surface area (Å²) in [7, 11) is 5.19. The fourth-order valence-corrected chi connectivity index (χ4v) is 5.79. The average Bonchev–Trinajstić information content (AvgIpc) is 2.76. The lowest BCUT2D eigenvalue weighted by molar-refractivity contribution is -0.120. The summed E-state index contributed by atoms with van der Waals surface area (Å²) in [6.45, 7) is 8.22. The van der Waals surface area contributed by atoms with E-state index in [2.05, 4.69) is 27.9 Å². The number of nitrogens with zero attached hydrogens (tertiary/aromatic N) is 1. The first-order chi connectivity index (χ1) is 15.5. The molecule has 1 saturated heterocycles. The van der Waals surface area contributed by atoms with Gasteiger partial charge >= 0.3 is 0 Å². The van der Waals surface area contributed by atoms with E-state index >= 15 is 0 Å². The average molecular weight is 471 g/mol. The molecule has 3 unspecified atom stereocenters. The molecule has 7 heteroatoms. The molecule has 0 aromatic carbocycles. The maximum atomic E-state index is 12.5. The van der Waals surface area contributed by atoms with E-state index in [0.717, 1.165) is 67.1 Å². The molecule has 1 rings (SSSR count). The van der Waals surface area contributed by atoms with Crippen LogP contribution in [0.5, 0.6) is 0 Å². The molecule has 0 bridgehead atoms. The molecule has 0 amide bonds. The summed E-state index contributed by atoms with van der Waals surface area (Å²) in [4.78, 5) is 27.2. The van der Waals surface area contributed by atoms with Gasteiger partial charge in [0.15, 0.2) is 0 Å². The van der Waals surface area contributed by atoms with Crippen LogP contribution >= 0.6 is 8.58 Å². The molecule has 3 atom stereocenters. The molecule has 1 aliphatic heterocycles. The highest BCUT2D eigenvalue weighted by molar-refractivity contribution is 7.37. The molecule has 188 valence electrons. The van der Waals surface area contributed by atoms with Gasteiger partial charge in [0, 0.05) is 19.3 Å². The van der Waals surface area contributed by atoms with E-state index < -0.39 is 0 Å². The fourth-order valence-electron chi connectivity index (χ4n) is 4.39. The summed E-state index contributed by atoms with van der Waals surface area (Å²) in [5.74, 6) is 1.57. The summed E-state index contributed by atoms with van der Waals surface area (Å²) in [5, 5.41) is 9.98. The molecule has 1 heterocycles. The molecule has 0 saturated carbocycles. The number of hydrogen-bond donors (Lipinski definition) is 3. The molecule has 0 radical (unpaired) electrons. The van der Waals surface area contributed by atoms with Gasteiger partial charge in [0.25, 0.3) is 0 Å². The fraction of sp³-hybridized carbons (Fsp3) is 0.920. The zero-order valence-electron chi connectivity index (χ0n) is 21.1. The van der Waals surface area contributed by atoms with Gasteiger partial charge in [0.05, 0.1) is 6.54 Å². The van der Waals surface area contributed by atoms with Gasteiger partial charge in [-0.05, 0) is 103 Å². The van der Waals surface area contributed by atoms with Crippen LogP contribution in [0.3, 0.4) is 0 Å². The predicted octanol–water partition coefficient (Wildman–Crippen LogP) is 2.91. The number of ketones is 2. The van der Waals surface area contributed by atoms with Crippen molar-refractivity contribution < 1.29 is 9.59 Å². The number of hydrogen-bond acceptors (Lipinski definition) is 6. The first-order valence-corrected chi connectivity index (χ1v) is 14.4. The van der Waals surface area contributed by atoms with Gasteiger partial charge < -0.3 is 20.9 Å². The molecule has 1 fully saturated rings. The minimum absolute atomic E-state index is 0.308. The van der Waals surface area contributed by atoms with Gasteiger partial charge in [0.2, 0.25) is 0 Å². The number of likely N-dealkylation sites (N-methyl/N-ethyl adjacent to an activating group) is 1. The van der Waals surface area contributed by atoms with Crippen LogP contribution in [0.15, 0.2) is 0 Å². The Morgan fingerprint density at radius 3 is 2.75 bits per heavy atom. The minimum Gasteiger partial charge on any atom is -0.319 e. The maximum absolute atomic E-state index is 12.5. The van der Waals surface area contributed by atoms with Crippen LogP contribution in [0.4, 0.5) is 0 Å². The first kappa shape index (κ1) is 29.6. The van der Waals surface area contributed by atoms with E-state index in [4.69, 9.17) is 0 Å². The Hall–Kier alpha value is -0.390. The molecule has 0 aliphatic carbocycles. The molecule has 0 aromatic rings. The van der Waals surface area contributed by atoms with Crippen LogP contribution < -0.4 is 16.0 Å². The lowest BCUT2D eigenvalue weighted by Crippen LogP contribution is -2.32. The number of rotatable bonds is 7. The van der Waals surface area contributed by atoms with Crippen molar-refractivity contribution in [2.45, 2.75) is 64.7 Å². The zero-order chi connectivity index (χ0) is 23.4. The van der Waals surface area contributed by atoms with Crippen LogP contribution in [0.2, 0.25) is 0 Å². The Morgan fingerprint density at radius 2 is 1.97 bits per heavy atom. The molecule has 1 aliphatic rings. The van der Waals surface area contributed by atoms with E-state index in [9.17, 15) is 9.59 Å². The van der Waals surface area contributed by atoms with Gasteiger partial charge in [-0.1, -0.05) is 19.8 Å². The molecular formula is C25H51N4O2P. The number of Topliss-reactive ketones (excluding diaryl/α,β-unsaturated/α-hetero) is 2. The molecular weight excluding hydrogens is 419 g/mol. The van der Waals surface area contributed by atoms with Gasteiger partial charge in [-0.25, -0.2) is 0 Å². The van der Waals surface area contributed by atoms with Crippen LogP contribution in [0, 0.1) is 11.8 Å². The second kappa shape index (κ2) is 20.0. The Bertz CT molecular complexity index is 493. The van der Waals surface area contributed by atoms with Crippen molar-refractivity contribution >= 4 is 20.1 Å². The van der Waals surface area contributed by atoms with E-state index in [1.54, 1.807) is 0 Å². The highest BCUT2D eigenvalue weighted by Crippen LogP contribution is 2.21. The Morgan fingerprint density at radius 1 is 1.16 bits per heavy atom. The summed E-state index contributed by atoms with van der Waals surface area (Å²) in [5.41, 5.74) is 0. The van der Waals surface area contributed by atoms with E-state index in [-0.39, 0.29) is 0 Å². The number of nitrogens with one attached hydrogen (secondary N) is 3. The van der Waals surface area contributed by atoms with Crippen LogP contribution in [0.1, 0.15) is 64.7 Å². The number of carbonyl (C=O) groups excluding carboxylic acids is 2. The van der Waals surface area contributed by atoms with Gasteiger partial charge in [-0.15, -0.1) is 8.58 Å². The van der Waals surface area contributed by atoms with Gasteiger partial charge in [0.1, 0.15) is 11.6 Å². The van der Waals surface area contributed by atoms with Crippen molar-refractivity contribution in [3.8, 4) is 0 Å². The Balaban J connectivity index is 2.56. The zero-order valence-corrected chi connectivity index (χ0v) is 22.1. The number of carbonyl (C=O) groups is 2. The highest BCUT2D eigenvalue weighted by Gasteiger charge is 2.16. The first-order valence-electron chi connectivity index (χ1n) is 13.0. The third-order valence-corrected chi connectivity index (χ3v) is 7.91. The van der Waals surface area contributed by atoms with E-state index in [1.807, 2.05) is 14.0 Å². The minimum atomic E-state index is 0.308. The predicted molar refractivity (Wildman–Crippen MR) is 139 cm³/mol. The lowest BCUT2D eigenvalue weighted by atomic mass is 9.97. The topological polar surface area (TPSA) is 73.5 Å². The van der Waals surface area contributed by atoms with Crippen LogP contribution in [-0.4, -0.2) is 88.7 Å². The summed E-state index contributed by atoms with van der Waals surface area (Å²) >= 11 is 0. The van der Waals surface area contributed by atoms with Crippen LogP contribution in [-0.2, 0) is 9.59 Å². The molecule has 0 spiro atoms. The monoisotopic (exact) mass is 470 g/mol. The second-order valence-electron chi connectivity index (χ2n) is 9.57. The van der Waals surface area contributed by atoms with Crippen molar-refractivity contribution in [1.29, 1.82) is 0 Å². The second-order valence-corrected chi connectivity index (χ2v) is 11.0. The third kappa shape index (κ3) is 16.3. The lowest BCUT2D eigenvalue weighted by Gasteiger charge is -2.22. The normalized spacial score (nSPS) is 25.5. The standard InChI is InChI=1S/C25H51N4O2P/c1-4-27-20-25(31)16-22-11-14-29(3)13-7-5-6-8-15-32-21-23(18-26-2)17-24(30)10-9-12-28-19-22/h22-23,26-28,32H,4-21H2,1-3H3. The molecule has 32 heavy (non-hydrogen) atoms. The maximum Gasteiger partial charge on any atom is 0.146 e. The van der Waals surface area contributed by atoms with E-state index in [1.165, 1.54) is 38.0 Å². The quantitative estimate of drug-likeness (QED) is 0.497. The Labute approximate surface area is 199 Å². The molecule has 3 N–H and O–H groups in total. The van der Waals surface area contributed by atoms with Crippen molar-refractivity contribution in [1.82, 2.24) is 20.9 Å². The molecule has 6 nitrogen and oxygen atoms in total. The van der Waals surface area contributed by atoms with Crippen molar-refractivity contribution in [3.63, 3.8) is 0 Å². The largest absolute Gasteiger partial charge is 0.319 e. The summed E-state index contributed by atoms with van der Waals surface area (Å²) < 4.78 is 0. The molecule has 0 aromatic heterocycles. The summed E-state index contributed by atoms with van der Waals surface area (Å²) in [6, 6.07) is 0. The van der Waals surface area contributed by atoms with Crippen LogP contribution in [0.25, 0.3) is 0 Å². The van der Waals surface area contributed by atoms with Gasteiger partial charge in [-0.3, -0.25) is 9.59 Å². The third-order valence-electron chi connectivity index (χ3n) is 6.34. The van der Waals surface area contributed by atoms with Gasteiger partial charge in [-0.2, -0.15) is 0 Å².